The normalized spacial score (nSPS) is 16.4. The average molecular weight is 411 g/mol. The highest BCUT2D eigenvalue weighted by atomic mass is 32.2. The number of methoxy groups -OCH3 is 1. The summed E-state index contributed by atoms with van der Waals surface area (Å²) < 4.78 is 54.9. The van der Waals surface area contributed by atoms with E-state index in [-0.39, 0.29) is 40.5 Å². The maximum absolute atomic E-state index is 13.3. The molecule has 10 heteroatoms. The van der Waals surface area contributed by atoms with Gasteiger partial charge in [0.1, 0.15) is 33.0 Å². The molecule has 2 N–H and O–H groups in total. The third-order valence-corrected chi connectivity index (χ3v) is 6.03. The molecule has 1 aromatic heterocycles. The minimum atomic E-state index is -3.04. The molecule has 1 aliphatic heterocycles. The fraction of sp³-hybridized carbons (Fsp3) is 0.333. The van der Waals surface area contributed by atoms with Crippen molar-refractivity contribution in [2.45, 2.75) is 18.9 Å². The van der Waals surface area contributed by atoms with Gasteiger partial charge < -0.3 is 15.4 Å². The molecule has 0 atom stereocenters. The second-order valence-electron chi connectivity index (χ2n) is 6.43. The molecule has 1 fully saturated rings. The summed E-state index contributed by atoms with van der Waals surface area (Å²) in [6.07, 6.45) is 0.661. The van der Waals surface area contributed by atoms with Gasteiger partial charge in [0.15, 0.2) is 5.69 Å². The number of halogens is 2. The van der Waals surface area contributed by atoms with Crippen LogP contribution in [0.15, 0.2) is 30.3 Å². The molecule has 0 bridgehead atoms. The maximum Gasteiger partial charge on any atom is 0.274 e. The van der Waals surface area contributed by atoms with Crippen LogP contribution in [0, 0.1) is 11.6 Å². The number of rotatable bonds is 5. The van der Waals surface area contributed by atoms with Crippen molar-refractivity contribution in [3.8, 4) is 5.75 Å². The molecule has 0 radical (unpaired) electrons. The lowest BCUT2D eigenvalue weighted by atomic mass is 10.1. The molecule has 2 aromatic rings. The predicted molar refractivity (Wildman–Crippen MR) is 99.6 cm³/mol. The van der Waals surface area contributed by atoms with Gasteiger partial charge in [-0.15, -0.1) is 0 Å². The van der Waals surface area contributed by atoms with Gasteiger partial charge in [-0.05, 0) is 37.1 Å². The number of sulfone groups is 1. The SMILES string of the molecule is COc1ccc(Nc2cc(F)cc(F)c2)nc1C(=O)NC1CCS(=O)(=O)CC1. The van der Waals surface area contributed by atoms with Crippen molar-refractivity contribution in [2.24, 2.45) is 0 Å². The molecular formula is C18H19F2N3O4S. The van der Waals surface area contributed by atoms with Crippen LogP contribution >= 0.6 is 0 Å². The summed E-state index contributed by atoms with van der Waals surface area (Å²) in [5, 5.41) is 5.50. The Morgan fingerprint density at radius 2 is 1.79 bits per heavy atom. The molecule has 1 aliphatic rings. The van der Waals surface area contributed by atoms with E-state index >= 15 is 0 Å². The standard InChI is InChI=1S/C18H19F2N3O4S/c1-27-15-2-3-16(21-14-9-11(19)8-12(20)10-14)23-17(15)18(24)22-13-4-6-28(25,26)7-5-13/h2-3,8-10,13H,4-7H2,1H3,(H,21,23)(H,22,24). The number of aromatic nitrogens is 1. The second kappa shape index (κ2) is 8.09. The van der Waals surface area contributed by atoms with E-state index in [1.54, 1.807) is 0 Å². The topological polar surface area (TPSA) is 97.4 Å². The highest BCUT2D eigenvalue weighted by molar-refractivity contribution is 7.91. The largest absolute Gasteiger partial charge is 0.494 e. The molecule has 150 valence electrons. The second-order valence-corrected chi connectivity index (χ2v) is 8.73. The van der Waals surface area contributed by atoms with E-state index in [1.807, 2.05) is 0 Å². The van der Waals surface area contributed by atoms with E-state index in [1.165, 1.54) is 19.2 Å². The average Bonchev–Trinajstić information content (AvgIpc) is 2.62. The van der Waals surface area contributed by atoms with Crippen LogP contribution in [0.4, 0.5) is 20.3 Å². The van der Waals surface area contributed by atoms with Crippen LogP contribution in [0.5, 0.6) is 5.75 Å². The Morgan fingerprint density at radius 1 is 1.14 bits per heavy atom. The van der Waals surface area contributed by atoms with Crippen LogP contribution in [0.1, 0.15) is 23.3 Å². The number of hydrogen-bond acceptors (Lipinski definition) is 6. The molecular weight excluding hydrogens is 392 g/mol. The first kappa shape index (κ1) is 20.0. The summed E-state index contributed by atoms with van der Waals surface area (Å²) in [6, 6.07) is 5.66. The predicted octanol–water partition coefficient (Wildman–Crippen LogP) is 2.42. The van der Waals surface area contributed by atoms with Crippen LogP contribution in [0.25, 0.3) is 0 Å². The zero-order chi connectivity index (χ0) is 20.3. The zero-order valence-electron chi connectivity index (χ0n) is 15.0. The number of carbonyl (C=O) groups is 1. The summed E-state index contributed by atoms with van der Waals surface area (Å²) >= 11 is 0. The van der Waals surface area contributed by atoms with Crippen LogP contribution < -0.4 is 15.4 Å². The number of benzene rings is 1. The molecule has 1 aromatic carbocycles. The highest BCUT2D eigenvalue weighted by Gasteiger charge is 2.26. The third kappa shape index (κ3) is 4.94. The molecule has 0 aliphatic carbocycles. The number of hydrogen-bond donors (Lipinski definition) is 2. The van der Waals surface area contributed by atoms with Crippen molar-refractivity contribution in [3.05, 3.63) is 47.7 Å². The highest BCUT2D eigenvalue weighted by Crippen LogP contribution is 2.23. The summed E-state index contributed by atoms with van der Waals surface area (Å²) in [7, 11) is -1.66. The van der Waals surface area contributed by atoms with Gasteiger partial charge in [-0.3, -0.25) is 4.79 Å². The van der Waals surface area contributed by atoms with Crippen LogP contribution in [0.3, 0.4) is 0 Å². The van der Waals surface area contributed by atoms with Gasteiger partial charge in [-0.1, -0.05) is 0 Å². The Labute approximate surface area is 161 Å². The molecule has 2 heterocycles. The number of pyridine rings is 1. The number of amides is 1. The maximum atomic E-state index is 13.3. The van der Waals surface area contributed by atoms with E-state index in [4.69, 9.17) is 4.74 Å². The Morgan fingerprint density at radius 3 is 2.39 bits per heavy atom. The van der Waals surface area contributed by atoms with Gasteiger partial charge in [0.05, 0.1) is 18.6 Å². The van der Waals surface area contributed by atoms with Crippen molar-refractivity contribution in [1.29, 1.82) is 0 Å². The number of ether oxygens (including phenoxy) is 1. The van der Waals surface area contributed by atoms with Crippen molar-refractivity contribution in [3.63, 3.8) is 0 Å². The summed E-state index contributed by atoms with van der Waals surface area (Å²) in [6.45, 7) is 0. The first-order chi connectivity index (χ1) is 13.3. The minimum absolute atomic E-state index is 0.0159. The quantitative estimate of drug-likeness (QED) is 0.784. The van der Waals surface area contributed by atoms with Crippen molar-refractivity contribution in [1.82, 2.24) is 10.3 Å². The monoisotopic (exact) mass is 411 g/mol. The number of nitrogens with one attached hydrogen (secondary N) is 2. The fourth-order valence-electron chi connectivity index (χ4n) is 2.91. The van der Waals surface area contributed by atoms with E-state index in [0.29, 0.717) is 12.8 Å². The van der Waals surface area contributed by atoms with Gasteiger partial charge in [0, 0.05) is 17.8 Å². The van der Waals surface area contributed by atoms with Gasteiger partial charge in [0.25, 0.3) is 5.91 Å². The molecule has 0 unspecified atom stereocenters. The van der Waals surface area contributed by atoms with Crippen LogP contribution in [-0.4, -0.2) is 44.0 Å². The van der Waals surface area contributed by atoms with Crippen molar-refractivity contribution in [2.75, 3.05) is 23.9 Å². The molecule has 7 nitrogen and oxygen atoms in total. The smallest absolute Gasteiger partial charge is 0.274 e. The van der Waals surface area contributed by atoms with E-state index in [0.717, 1.165) is 18.2 Å². The minimum Gasteiger partial charge on any atom is -0.494 e. The van der Waals surface area contributed by atoms with E-state index in [2.05, 4.69) is 15.6 Å². The molecule has 1 saturated heterocycles. The van der Waals surface area contributed by atoms with E-state index in [9.17, 15) is 22.0 Å². The molecule has 0 saturated carbocycles. The summed E-state index contributed by atoms with van der Waals surface area (Å²) in [5.74, 6) is -1.55. The van der Waals surface area contributed by atoms with Crippen LogP contribution in [-0.2, 0) is 9.84 Å². The van der Waals surface area contributed by atoms with Gasteiger partial charge in [-0.2, -0.15) is 0 Å². The number of carbonyl (C=O) groups excluding carboxylic acids is 1. The zero-order valence-corrected chi connectivity index (χ0v) is 15.9. The number of anilines is 2. The molecule has 3 rings (SSSR count). The Kier molecular flexibility index (Phi) is 5.78. The first-order valence-electron chi connectivity index (χ1n) is 8.55. The molecule has 1 amide bonds. The van der Waals surface area contributed by atoms with Crippen molar-refractivity contribution < 1.29 is 26.7 Å². The summed E-state index contributed by atoms with van der Waals surface area (Å²) in [4.78, 5) is 16.8. The Balaban J connectivity index is 1.77. The Bertz CT molecular complexity index is 964. The molecule has 28 heavy (non-hydrogen) atoms. The Hall–Kier alpha value is -2.75. The van der Waals surface area contributed by atoms with Crippen LogP contribution in [0.2, 0.25) is 0 Å². The van der Waals surface area contributed by atoms with E-state index < -0.39 is 27.4 Å². The third-order valence-electron chi connectivity index (χ3n) is 4.32. The lowest BCUT2D eigenvalue weighted by Crippen LogP contribution is -2.41. The fourth-order valence-corrected chi connectivity index (χ4v) is 4.40. The first-order valence-corrected chi connectivity index (χ1v) is 10.4. The lowest BCUT2D eigenvalue weighted by molar-refractivity contribution is 0.0926. The summed E-state index contributed by atoms with van der Waals surface area (Å²) in [5.41, 5.74) is 0.122. The molecule has 0 spiro atoms. The van der Waals surface area contributed by atoms with Crippen molar-refractivity contribution >= 4 is 27.2 Å². The van der Waals surface area contributed by atoms with Gasteiger partial charge in [0.2, 0.25) is 0 Å². The lowest BCUT2D eigenvalue weighted by Gasteiger charge is -2.23. The van der Waals surface area contributed by atoms with Gasteiger partial charge in [-0.25, -0.2) is 22.2 Å². The van der Waals surface area contributed by atoms with Gasteiger partial charge >= 0.3 is 0 Å². The number of nitrogens with zero attached hydrogens (tertiary/aromatic N) is 1.